The Morgan fingerprint density at radius 1 is 1.78 bits per heavy atom. The predicted octanol–water partition coefficient (Wildman–Crippen LogP) is 1.60. The normalized spacial score (nSPS) is 10.1. The third kappa shape index (κ3) is 1.41. The van der Waals surface area contributed by atoms with Crippen molar-refractivity contribution in [1.29, 1.82) is 0 Å². The van der Waals surface area contributed by atoms with E-state index in [1.165, 1.54) is 11.3 Å². The number of aryl methyl sites for hydroxylation is 1. The molecule has 0 unspecified atom stereocenters. The summed E-state index contributed by atoms with van der Waals surface area (Å²) in [5.41, 5.74) is 0.583. The van der Waals surface area contributed by atoms with Crippen LogP contribution in [0, 0.1) is 6.92 Å². The Morgan fingerprint density at radius 2 is 2.44 bits per heavy atom. The highest BCUT2D eigenvalue weighted by Gasteiger charge is 2.03. The molecule has 50 valence electrons. The lowest BCUT2D eigenvalue weighted by Crippen LogP contribution is -1.82. The van der Waals surface area contributed by atoms with Crippen LogP contribution in [0.5, 0.6) is 0 Å². The lowest BCUT2D eigenvalue weighted by Gasteiger charge is -1.83. The molecule has 0 aliphatic heterocycles. The zero-order valence-corrected chi connectivity index (χ0v) is 6.46. The van der Waals surface area contributed by atoms with Gasteiger partial charge in [0.2, 0.25) is 0 Å². The Morgan fingerprint density at radius 3 is 2.67 bits per heavy atom. The van der Waals surface area contributed by atoms with E-state index in [0.29, 0.717) is 10.0 Å². The number of aromatic nitrogens is 1. The van der Waals surface area contributed by atoms with Gasteiger partial charge in [-0.1, -0.05) is 11.6 Å². The summed E-state index contributed by atoms with van der Waals surface area (Å²) in [4.78, 5) is 3.97. The quantitative estimate of drug-likeness (QED) is 0.682. The highest BCUT2D eigenvalue weighted by atomic mass is 35.5. The number of rotatable bonds is 1. The van der Waals surface area contributed by atoms with E-state index in [9.17, 15) is 0 Å². The molecule has 0 spiro atoms. The molecule has 0 saturated carbocycles. The average Bonchev–Trinajstić information content (AvgIpc) is 2.10. The second kappa shape index (κ2) is 2.64. The van der Waals surface area contributed by atoms with Crippen LogP contribution in [-0.2, 0) is 6.61 Å². The lowest BCUT2D eigenvalue weighted by molar-refractivity contribution is 0.277. The second-order valence-corrected chi connectivity index (χ2v) is 3.42. The number of nitrogens with zero attached hydrogens (tertiary/aromatic N) is 1. The topological polar surface area (TPSA) is 33.1 Å². The van der Waals surface area contributed by atoms with Crippen LogP contribution >= 0.6 is 22.9 Å². The summed E-state index contributed by atoms with van der Waals surface area (Å²) in [6.07, 6.45) is 0. The number of thiazole rings is 1. The lowest BCUT2D eigenvalue weighted by atomic mass is 10.5. The first kappa shape index (κ1) is 6.99. The van der Waals surface area contributed by atoms with E-state index >= 15 is 0 Å². The minimum Gasteiger partial charge on any atom is -0.390 e. The van der Waals surface area contributed by atoms with E-state index in [4.69, 9.17) is 16.7 Å². The Kier molecular flexibility index (Phi) is 2.05. The zero-order chi connectivity index (χ0) is 6.85. The summed E-state index contributed by atoms with van der Waals surface area (Å²) in [5, 5.41) is 9.48. The van der Waals surface area contributed by atoms with Gasteiger partial charge >= 0.3 is 0 Å². The standard InChI is InChI=1S/C5H6ClNOS/c1-3-7-4(2-8)5(6)9-3/h8H,2H2,1H3. The van der Waals surface area contributed by atoms with Crippen LogP contribution in [0.25, 0.3) is 0 Å². The van der Waals surface area contributed by atoms with Crippen LogP contribution in [0.2, 0.25) is 4.34 Å². The Labute approximate surface area is 62.1 Å². The summed E-state index contributed by atoms with van der Waals surface area (Å²) in [5.74, 6) is 0. The summed E-state index contributed by atoms with van der Waals surface area (Å²) in [6.45, 7) is 1.79. The minimum atomic E-state index is -0.0663. The first-order valence-corrected chi connectivity index (χ1v) is 3.66. The Hall–Kier alpha value is -0.120. The minimum absolute atomic E-state index is 0.0663. The number of hydrogen-bond donors (Lipinski definition) is 1. The maximum atomic E-state index is 8.59. The number of hydrogen-bond acceptors (Lipinski definition) is 3. The molecule has 1 aromatic heterocycles. The van der Waals surface area contributed by atoms with Crippen LogP contribution in [0.15, 0.2) is 0 Å². The molecule has 0 amide bonds. The van der Waals surface area contributed by atoms with Gasteiger partial charge in [-0.15, -0.1) is 11.3 Å². The molecule has 1 aromatic rings. The highest BCUT2D eigenvalue weighted by molar-refractivity contribution is 7.15. The van der Waals surface area contributed by atoms with Gasteiger partial charge in [0, 0.05) is 0 Å². The third-order valence-corrected chi connectivity index (χ3v) is 2.16. The maximum absolute atomic E-state index is 8.59. The fourth-order valence-electron chi connectivity index (χ4n) is 0.543. The molecule has 9 heavy (non-hydrogen) atoms. The van der Waals surface area contributed by atoms with Gasteiger partial charge in [0.15, 0.2) is 0 Å². The van der Waals surface area contributed by atoms with Crippen molar-refractivity contribution in [2.75, 3.05) is 0 Å². The molecule has 1 N–H and O–H groups in total. The van der Waals surface area contributed by atoms with Gasteiger partial charge in [-0.05, 0) is 6.92 Å². The number of aliphatic hydroxyl groups excluding tert-OH is 1. The Bertz CT molecular complexity index is 211. The Balaban J connectivity index is 3.01. The summed E-state index contributed by atoms with van der Waals surface area (Å²) in [6, 6.07) is 0. The van der Waals surface area contributed by atoms with E-state index in [0.717, 1.165) is 5.01 Å². The van der Waals surface area contributed by atoms with Crippen LogP contribution < -0.4 is 0 Å². The van der Waals surface area contributed by atoms with Crippen LogP contribution in [0.4, 0.5) is 0 Å². The smallest absolute Gasteiger partial charge is 0.118 e. The van der Waals surface area contributed by atoms with E-state index in [1.54, 1.807) is 0 Å². The fraction of sp³-hybridized carbons (Fsp3) is 0.400. The maximum Gasteiger partial charge on any atom is 0.118 e. The third-order valence-electron chi connectivity index (χ3n) is 0.906. The molecule has 0 aliphatic carbocycles. The monoisotopic (exact) mass is 163 g/mol. The first-order chi connectivity index (χ1) is 4.24. The summed E-state index contributed by atoms with van der Waals surface area (Å²) >= 11 is 7.03. The van der Waals surface area contributed by atoms with E-state index < -0.39 is 0 Å². The van der Waals surface area contributed by atoms with Crippen molar-refractivity contribution in [3.05, 3.63) is 15.0 Å². The largest absolute Gasteiger partial charge is 0.390 e. The average molecular weight is 164 g/mol. The number of aliphatic hydroxyl groups is 1. The van der Waals surface area contributed by atoms with E-state index in [2.05, 4.69) is 4.98 Å². The molecule has 1 rings (SSSR count). The van der Waals surface area contributed by atoms with Crippen molar-refractivity contribution >= 4 is 22.9 Å². The molecule has 0 fully saturated rings. The first-order valence-electron chi connectivity index (χ1n) is 2.46. The zero-order valence-electron chi connectivity index (χ0n) is 4.89. The van der Waals surface area contributed by atoms with Gasteiger partial charge in [0.1, 0.15) is 4.34 Å². The summed E-state index contributed by atoms with van der Waals surface area (Å²) in [7, 11) is 0. The molecule has 1 heterocycles. The van der Waals surface area contributed by atoms with E-state index in [-0.39, 0.29) is 6.61 Å². The number of halogens is 1. The molecular formula is C5H6ClNOS. The second-order valence-electron chi connectivity index (χ2n) is 1.61. The van der Waals surface area contributed by atoms with Crippen molar-refractivity contribution in [1.82, 2.24) is 4.98 Å². The van der Waals surface area contributed by atoms with Gasteiger partial charge < -0.3 is 5.11 Å². The van der Waals surface area contributed by atoms with Crippen LogP contribution in [0.1, 0.15) is 10.7 Å². The predicted molar refractivity (Wildman–Crippen MR) is 37.8 cm³/mol. The molecule has 0 saturated heterocycles. The summed E-state index contributed by atoms with van der Waals surface area (Å²) < 4.78 is 0.593. The van der Waals surface area contributed by atoms with Crippen molar-refractivity contribution in [2.24, 2.45) is 0 Å². The molecule has 0 radical (unpaired) electrons. The molecular weight excluding hydrogens is 158 g/mol. The van der Waals surface area contributed by atoms with Crippen LogP contribution in [0.3, 0.4) is 0 Å². The van der Waals surface area contributed by atoms with Crippen molar-refractivity contribution in [2.45, 2.75) is 13.5 Å². The molecule has 0 atom stereocenters. The van der Waals surface area contributed by atoms with Gasteiger partial charge in [0.05, 0.1) is 17.3 Å². The van der Waals surface area contributed by atoms with Crippen molar-refractivity contribution in [3.63, 3.8) is 0 Å². The molecule has 0 bridgehead atoms. The van der Waals surface area contributed by atoms with Gasteiger partial charge in [0.25, 0.3) is 0 Å². The van der Waals surface area contributed by atoms with Crippen LogP contribution in [-0.4, -0.2) is 10.1 Å². The van der Waals surface area contributed by atoms with Gasteiger partial charge in [-0.2, -0.15) is 0 Å². The van der Waals surface area contributed by atoms with Gasteiger partial charge in [-0.25, -0.2) is 4.98 Å². The molecule has 4 heteroatoms. The molecule has 0 aliphatic rings. The molecule has 2 nitrogen and oxygen atoms in total. The highest BCUT2D eigenvalue weighted by Crippen LogP contribution is 2.22. The van der Waals surface area contributed by atoms with Crippen molar-refractivity contribution in [3.8, 4) is 0 Å². The van der Waals surface area contributed by atoms with Crippen molar-refractivity contribution < 1.29 is 5.11 Å². The fourth-order valence-corrected chi connectivity index (χ4v) is 1.62. The molecule has 0 aromatic carbocycles. The van der Waals surface area contributed by atoms with E-state index in [1.807, 2.05) is 6.92 Å². The van der Waals surface area contributed by atoms with Gasteiger partial charge in [-0.3, -0.25) is 0 Å². The SMILES string of the molecule is Cc1nc(CO)c(Cl)s1.